The highest BCUT2D eigenvalue weighted by molar-refractivity contribution is 6.61. The van der Waals surface area contributed by atoms with Crippen LogP contribution in [0.15, 0.2) is 12.4 Å². The fourth-order valence-electron chi connectivity index (χ4n) is 3.28. The van der Waals surface area contributed by atoms with E-state index in [4.69, 9.17) is 14.4 Å². The van der Waals surface area contributed by atoms with Crippen molar-refractivity contribution in [2.75, 3.05) is 25.0 Å². The van der Waals surface area contributed by atoms with Gasteiger partial charge in [0, 0.05) is 37.0 Å². The van der Waals surface area contributed by atoms with Crippen molar-refractivity contribution in [3.05, 3.63) is 12.4 Å². The van der Waals surface area contributed by atoms with E-state index in [2.05, 4.69) is 15.3 Å². The lowest BCUT2D eigenvalue weighted by Gasteiger charge is -2.34. The molecule has 0 bridgehead atoms. The molecule has 2 atom stereocenters. The van der Waals surface area contributed by atoms with E-state index >= 15 is 0 Å². The molecule has 2 aliphatic heterocycles. The van der Waals surface area contributed by atoms with E-state index in [1.807, 2.05) is 27.7 Å². The first kappa shape index (κ1) is 21.0. The molecule has 10 heteroatoms. The summed E-state index contributed by atoms with van der Waals surface area (Å²) < 4.78 is 12.0. The number of hydrogen-bond acceptors (Lipinski definition) is 8. The van der Waals surface area contributed by atoms with E-state index < -0.39 is 36.9 Å². The van der Waals surface area contributed by atoms with Gasteiger partial charge in [-0.15, -0.1) is 0 Å². The molecule has 0 aromatic carbocycles. The van der Waals surface area contributed by atoms with Crippen LogP contribution in [0.3, 0.4) is 0 Å². The lowest BCUT2D eigenvalue weighted by Crippen LogP contribution is -2.49. The SMILES string of the molecule is CC1(C)OB(c2cnc(N[C@H]3CCCN(C(=O)[C@H](O)CO)C3)nc2)OC1(C)C. The summed E-state index contributed by atoms with van der Waals surface area (Å²) in [4.78, 5) is 22.3. The maximum absolute atomic E-state index is 12.1. The maximum Gasteiger partial charge on any atom is 0.498 e. The van der Waals surface area contributed by atoms with Gasteiger partial charge in [-0.25, -0.2) is 9.97 Å². The molecule has 2 saturated heterocycles. The summed E-state index contributed by atoms with van der Waals surface area (Å²) in [6.07, 6.45) is 3.65. The highest BCUT2D eigenvalue weighted by atomic mass is 16.7. The van der Waals surface area contributed by atoms with Crippen LogP contribution in [0.25, 0.3) is 0 Å². The Balaban J connectivity index is 1.60. The van der Waals surface area contributed by atoms with E-state index in [9.17, 15) is 9.90 Å². The highest BCUT2D eigenvalue weighted by Gasteiger charge is 2.52. The molecule has 2 fully saturated rings. The minimum Gasteiger partial charge on any atom is -0.399 e. The molecule has 28 heavy (non-hydrogen) atoms. The number of piperidine rings is 1. The number of hydrogen-bond donors (Lipinski definition) is 3. The van der Waals surface area contributed by atoms with Crippen LogP contribution in [-0.2, 0) is 14.1 Å². The van der Waals surface area contributed by atoms with Crippen LogP contribution < -0.4 is 10.8 Å². The molecule has 3 N–H and O–H groups in total. The smallest absolute Gasteiger partial charge is 0.399 e. The second-order valence-corrected chi connectivity index (χ2v) is 8.39. The van der Waals surface area contributed by atoms with Gasteiger partial charge in [0.05, 0.1) is 17.8 Å². The second-order valence-electron chi connectivity index (χ2n) is 8.39. The number of rotatable bonds is 5. The van der Waals surface area contributed by atoms with E-state index in [0.29, 0.717) is 19.0 Å². The van der Waals surface area contributed by atoms with Crippen molar-refractivity contribution in [2.45, 2.75) is 63.9 Å². The third-order valence-corrected chi connectivity index (χ3v) is 5.72. The Morgan fingerprint density at radius 1 is 1.32 bits per heavy atom. The largest absolute Gasteiger partial charge is 0.498 e. The Bertz CT molecular complexity index is 684. The zero-order valence-corrected chi connectivity index (χ0v) is 16.9. The maximum atomic E-state index is 12.1. The molecular formula is C18H29BN4O5. The molecule has 0 saturated carbocycles. The van der Waals surface area contributed by atoms with Crippen molar-refractivity contribution in [3.63, 3.8) is 0 Å². The summed E-state index contributed by atoms with van der Waals surface area (Å²) in [6.45, 7) is 8.40. The minimum atomic E-state index is -1.37. The molecule has 9 nitrogen and oxygen atoms in total. The van der Waals surface area contributed by atoms with E-state index in [-0.39, 0.29) is 6.04 Å². The number of aromatic nitrogens is 2. The molecule has 1 aromatic rings. The van der Waals surface area contributed by atoms with Crippen molar-refractivity contribution < 1.29 is 24.3 Å². The van der Waals surface area contributed by atoms with Crippen LogP contribution in [0.4, 0.5) is 5.95 Å². The van der Waals surface area contributed by atoms with Crippen LogP contribution in [0.2, 0.25) is 0 Å². The Hall–Kier alpha value is -1.75. The number of aliphatic hydroxyl groups excluding tert-OH is 2. The summed E-state index contributed by atoms with van der Waals surface area (Å²) in [7, 11) is -0.512. The van der Waals surface area contributed by atoms with Crippen molar-refractivity contribution in [2.24, 2.45) is 0 Å². The zero-order chi connectivity index (χ0) is 20.5. The summed E-state index contributed by atoms with van der Waals surface area (Å²) in [6, 6.07) is -0.0220. The first-order chi connectivity index (χ1) is 13.1. The van der Waals surface area contributed by atoms with Gasteiger partial charge in [-0.1, -0.05) is 0 Å². The number of carbonyl (C=O) groups excluding carboxylic acids is 1. The summed E-state index contributed by atoms with van der Waals surface area (Å²) in [5.41, 5.74) is -0.104. The Labute approximate surface area is 165 Å². The van der Waals surface area contributed by atoms with Gasteiger partial charge in [0.15, 0.2) is 6.10 Å². The number of amides is 1. The highest BCUT2D eigenvalue weighted by Crippen LogP contribution is 2.36. The number of likely N-dealkylation sites (tertiary alicyclic amines) is 1. The number of nitrogens with zero attached hydrogens (tertiary/aromatic N) is 3. The van der Waals surface area contributed by atoms with Gasteiger partial charge in [0.25, 0.3) is 5.91 Å². The molecule has 1 aromatic heterocycles. The van der Waals surface area contributed by atoms with E-state index in [1.54, 1.807) is 17.3 Å². The lowest BCUT2D eigenvalue weighted by molar-refractivity contribution is -0.143. The topological polar surface area (TPSA) is 117 Å². The van der Waals surface area contributed by atoms with Gasteiger partial charge in [-0.2, -0.15) is 0 Å². The van der Waals surface area contributed by atoms with E-state index in [0.717, 1.165) is 18.3 Å². The third-order valence-electron chi connectivity index (χ3n) is 5.72. The Kier molecular flexibility index (Phi) is 5.95. The number of anilines is 1. The predicted octanol–water partition coefficient (Wildman–Crippen LogP) is -0.468. The van der Waals surface area contributed by atoms with Gasteiger partial charge in [-0.05, 0) is 40.5 Å². The molecule has 0 unspecified atom stereocenters. The van der Waals surface area contributed by atoms with Gasteiger partial charge < -0.3 is 29.7 Å². The second kappa shape index (κ2) is 7.94. The van der Waals surface area contributed by atoms with Crippen molar-refractivity contribution in [3.8, 4) is 0 Å². The fourth-order valence-corrected chi connectivity index (χ4v) is 3.28. The van der Waals surface area contributed by atoms with E-state index in [1.165, 1.54) is 0 Å². The van der Waals surface area contributed by atoms with Gasteiger partial charge in [0.1, 0.15) is 0 Å². The lowest BCUT2D eigenvalue weighted by atomic mass is 9.81. The molecular weight excluding hydrogens is 363 g/mol. The molecule has 0 aliphatic carbocycles. The molecule has 2 aliphatic rings. The monoisotopic (exact) mass is 392 g/mol. The average Bonchev–Trinajstić information content (AvgIpc) is 2.88. The quantitative estimate of drug-likeness (QED) is 0.576. The van der Waals surface area contributed by atoms with Crippen LogP contribution >= 0.6 is 0 Å². The average molecular weight is 392 g/mol. The van der Waals surface area contributed by atoms with Crippen molar-refractivity contribution >= 4 is 24.4 Å². The Morgan fingerprint density at radius 2 is 1.93 bits per heavy atom. The Morgan fingerprint density at radius 3 is 2.50 bits per heavy atom. The van der Waals surface area contributed by atoms with Crippen LogP contribution in [0.5, 0.6) is 0 Å². The standard InChI is InChI=1S/C18H29BN4O5/c1-17(2)18(3,4)28-19(27-17)12-8-20-16(21-9-12)22-13-6-5-7-23(10-13)15(26)14(25)11-24/h8-9,13-14,24-25H,5-7,10-11H2,1-4H3,(H,20,21,22)/t13-,14+/m0/s1. The summed E-state index contributed by atoms with van der Waals surface area (Å²) >= 11 is 0. The molecule has 0 radical (unpaired) electrons. The summed E-state index contributed by atoms with van der Waals surface area (Å²) in [5.74, 6) is 0.00768. The predicted molar refractivity (Wildman–Crippen MR) is 104 cm³/mol. The van der Waals surface area contributed by atoms with Gasteiger partial charge in [-0.3, -0.25) is 4.79 Å². The minimum absolute atomic E-state index is 0.0220. The zero-order valence-electron chi connectivity index (χ0n) is 16.9. The fraction of sp³-hybridized carbons (Fsp3) is 0.722. The molecule has 0 spiro atoms. The first-order valence-corrected chi connectivity index (χ1v) is 9.65. The molecule has 154 valence electrons. The van der Waals surface area contributed by atoms with Crippen LogP contribution in [0.1, 0.15) is 40.5 Å². The van der Waals surface area contributed by atoms with Crippen LogP contribution in [0, 0.1) is 0 Å². The molecule has 3 rings (SSSR count). The number of nitrogens with one attached hydrogen (secondary N) is 1. The summed E-state index contributed by atoms with van der Waals surface area (Å²) in [5, 5.41) is 21.7. The number of aliphatic hydroxyl groups is 2. The normalized spacial score (nSPS) is 24.9. The van der Waals surface area contributed by atoms with Crippen molar-refractivity contribution in [1.82, 2.24) is 14.9 Å². The van der Waals surface area contributed by atoms with Crippen molar-refractivity contribution in [1.29, 1.82) is 0 Å². The molecule has 3 heterocycles. The molecule has 1 amide bonds. The number of carbonyl (C=O) groups is 1. The van der Waals surface area contributed by atoms with Gasteiger partial charge >= 0.3 is 7.12 Å². The third kappa shape index (κ3) is 4.30. The first-order valence-electron chi connectivity index (χ1n) is 9.65. The van der Waals surface area contributed by atoms with Crippen LogP contribution in [-0.4, -0.2) is 81.2 Å². The van der Waals surface area contributed by atoms with Gasteiger partial charge in [0.2, 0.25) is 5.95 Å².